The fourth-order valence-electron chi connectivity index (χ4n) is 0.978. The highest BCUT2D eigenvalue weighted by molar-refractivity contribution is 7.98. The number of rotatable bonds is 5. The Bertz CT molecular complexity index is 346. The van der Waals surface area contributed by atoms with E-state index in [1.165, 1.54) is 0 Å². The van der Waals surface area contributed by atoms with Gasteiger partial charge in [-0.15, -0.1) is 10.2 Å². The zero-order valence-electron chi connectivity index (χ0n) is 8.81. The number of nitrogens with two attached hydrogens (primary N) is 1. The van der Waals surface area contributed by atoms with Crippen molar-refractivity contribution in [3.63, 3.8) is 0 Å². The number of carbonyl (C=O) groups is 1. The van der Waals surface area contributed by atoms with Crippen molar-refractivity contribution in [1.29, 1.82) is 0 Å². The molecule has 7 heteroatoms. The molecule has 1 aromatic heterocycles. The molecule has 88 valence electrons. The third kappa shape index (κ3) is 4.34. The Kier molecular flexibility index (Phi) is 5.51. The Morgan fingerprint density at radius 2 is 2.38 bits per heavy atom. The third-order valence-electron chi connectivity index (χ3n) is 1.85. The van der Waals surface area contributed by atoms with Crippen molar-refractivity contribution in [2.24, 2.45) is 5.73 Å². The molecule has 16 heavy (non-hydrogen) atoms. The van der Waals surface area contributed by atoms with Crippen molar-refractivity contribution in [3.8, 4) is 0 Å². The highest BCUT2D eigenvalue weighted by atomic mass is 35.5. The minimum atomic E-state index is -0.523. The summed E-state index contributed by atoms with van der Waals surface area (Å²) >= 11 is 7.22. The van der Waals surface area contributed by atoms with E-state index in [2.05, 4.69) is 15.5 Å². The Balaban J connectivity index is 2.47. The van der Waals surface area contributed by atoms with E-state index in [0.717, 1.165) is 5.75 Å². The monoisotopic (exact) mass is 260 g/mol. The zero-order valence-corrected chi connectivity index (χ0v) is 10.4. The van der Waals surface area contributed by atoms with Gasteiger partial charge in [0.1, 0.15) is 0 Å². The van der Waals surface area contributed by atoms with Gasteiger partial charge >= 0.3 is 0 Å². The molecule has 0 radical (unpaired) electrons. The lowest BCUT2D eigenvalue weighted by atomic mass is 10.2. The fraction of sp³-hybridized carbons (Fsp3) is 0.444. The Hall–Kier alpha value is -0.850. The van der Waals surface area contributed by atoms with E-state index in [1.54, 1.807) is 23.9 Å². The summed E-state index contributed by atoms with van der Waals surface area (Å²) in [4.78, 5) is 11.6. The van der Waals surface area contributed by atoms with Gasteiger partial charge in [-0.1, -0.05) is 11.6 Å². The molecule has 1 heterocycles. The van der Waals surface area contributed by atoms with Crippen LogP contribution in [0.3, 0.4) is 0 Å². The predicted octanol–water partition coefficient (Wildman–Crippen LogP) is 1.15. The summed E-state index contributed by atoms with van der Waals surface area (Å²) in [6.07, 6.45) is 2.60. The van der Waals surface area contributed by atoms with E-state index >= 15 is 0 Å². The van der Waals surface area contributed by atoms with Crippen molar-refractivity contribution in [2.75, 3.05) is 17.3 Å². The molecule has 5 nitrogen and oxygen atoms in total. The maximum atomic E-state index is 11.6. The molecule has 3 N–H and O–H groups in total. The van der Waals surface area contributed by atoms with Gasteiger partial charge in [0.15, 0.2) is 11.0 Å². The molecule has 1 rings (SSSR count). The van der Waals surface area contributed by atoms with E-state index in [1.807, 2.05) is 6.26 Å². The van der Waals surface area contributed by atoms with Crippen LogP contribution in [0.15, 0.2) is 12.1 Å². The van der Waals surface area contributed by atoms with Gasteiger partial charge in [0.05, 0.1) is 6.04 Å². The first kappa shape index (κ1) is 13.2. The SMILES string of the molecule is CSCC[C@@H](N)C(=O)Nc1ccc(Cl)nn1. The second-order valence-electron chi connectivity index (χ2n) is 3.12. The van der Waals surface area contributed by atoms with Gasteiger partial charge in [0.2, 0.25) is 5.91 Å². The van der Waals surface area contributed by atoms with Crippen LogP contribution in [0.1, 0.15) is 6.42 Å². The molecule has 0 aliphatic heterocycles. The van der Waals surface area contributed by atoms with Gasteiger partial charge in [0.25, 0.3) is 0 Å². The third-order valence-corrected chi connectivity index (χ3v) is 2.70. The number of hydrogen-bond acceptors (Lipinski definition) is 5. The largest absolute Gasteiger partial charge is 0.320 e. The van der Waals surface area contributed by atoms with Crippen molar-refractivity contribution in [2.45, 2.75) is 12.5 Å². The quantitative estimate of drug-likeness (QED) is 0.830. The summed E-state index contributed by atoms with van der Waals surface area (Å²) in [5.41, 5.74) is 5.68. The number of carbonyl (C=O) groups excluding carboxylic acids is 1. The van der Waals surface area contributed by atoms with Crippen LogP contribution in [0.4, 0.5) is 5.82 Å². The maximum Gasteiger partial charge on any atom is 0.242 e. The Morgan fingerprint density at radius 1 is 1.62 bits per heavy atom. The molecule has 1 atom stereocenters. The van der Waals surface area contributed by atoms with Gasteiger partial charge in [-0.05, 0) is 30.6 Å². The Labute approximate surface area is 103 Å². The van der Waals surface area contributed by atoms with Gasteiger partial charge in [-0.2, -0.15) is 11.8 Å². The first-order chi connectivity index (χ1) is 7.63. The zero-order chi connectivity index (χ0) is 12.0. The van der Waals surface area contributed by atoms with Crippen LogP contribution in [0.2, 0.25) is 5.15 Å². The topological polar surface area (TPSA) is 80.9 Å². The number of nitrogens with zero attached hydrogens (tertiary/aromatic N) is 2. The normalized spacial score (nSPS) is 12.2. The van der Waals surface area contributed by atoms with Crippen molar-refractivity contribution in [1.82, 2.24) is 10.2 Å². The van der Waals surface area contributed by atoms with Crippen molar-refractivity contribution >= 4 is 35.1 Å². The van der Waals surface area contributed by atoms with E-state index < -0.39 is 6.04 Å². The summed E-state index contributed by atoms with van der Waals surface area (Å²) in [5, 5.41) is 10.2. The minimum absolute atomic E-state index is 0.259. The number of aromatic nitrogens is 2. The van der Waals surface area contributed by atoms with E-state index in [-0.39, 0.29) is 11.1 Å². The van der Waals surface area contributed by atoms with E-state index in [0.29, 0.717) is 12.2 Å². The summed E-state index contributed by atoms with van der Waals surface area (Å²) in [5.74, 6) is 0.945. The summed E-state index contributed by atoms with van der Waals surface area (Å²) in [6.45, 7) is 0. The minimum Gasteiger partial charge on any atom is -0.320 e. The predicted molar refractivity (Wildman–Crippen MR) is 66.6 cm³/mol. The molecule has 0 aliphatic rings. The lowest BCUT2D eigenvalue weighted by molar-refractivity contribution is -0.117. The molecular weight excluding hydrogens is 248 g/mol. The van der Waals surface area contributed by atoms with Crippen LogP contribution in [0.5, 0.6) is 0 Å². The van der Waals surface area contributed by atoms with Gasteiger partial charge in [-0.25, -0.2) is 0 Å². The van der Waals surface area contributed by atoms with Crippen LogP contribution in [0, 0.1) is 0 Å². The number of hydrogen-bond donors (Lipinski definition) is 2. The second-order valence-corrected chi connectivity index (χ2v) is 4.49. The average Bonchev–Trinajstić information content (AvgIpc) is 2.29. The summed E-state index contributed by atoms with van der Waals surface area (Å²) in [7, 11) is 0. The summed E-state index contributed by atoms with van der Waals surface area (Å²) < 4.78 is 0. The van der Waals surface area contributed by atoms with E-state index in [9.17, 15) is 4.79 Å². The number of thioether (sulfide) groups is 1. The Morgan fingerprint density at radius 3 is 2.94 bits per heavy atom. The molecule has 0 unspecified atom stereocenters. The lowest BCUT2D eigenvalue weighted by Crippen LogP contribution is -2.36. The van der Waals surface area contributed by atoms with Gasteiger partial charge in [-0.3, -0.25) is 4.79 Å². The molecule has 0 spiro atoms. The smallest absolute Gasteiger partial charge is 0.242 e. The summed E-state index contributed by atoms with van der Waals surface area (Å²) in [6, 6.07) is 2.61. The van der Waals surface area contributed by atoms with Crippen LogP contribution >= 0.6 is 23.4 Å². The van der Waals surface area contributed by atoms with E-state index in [4.69, 9.17) is 17.3 Å². The van der Waals surface area contributed by atoms with Crippen LogP contribution in [0.25, 0.3) is 0 Å². The molecule has 0 aliphatic carbocycles. The molecule has 0 aromatic carbocycles. The van der Waals surface area contributed by atoms with Crippen LogP contribution in [-0.4, -0.2) is 34.2 Å². The van der Waals surface area contributed by atoms with Crippen molar-refractivity contribution < 1.29 is 4.79 Å². The molecule has 0 bridgehead atoms. The highest BCUT2D eigenvalue weighted by Gasteiger charge is 2.13. The molecule has 1 amide bonds. The standard InChI is InChI=1S/C9H13ClN4OS/c1-16-5-4-6(11)9(15)12-8-3-2-7(10)13-14-8/h2-3,6H,4-5,11H2,1H3,(H,12,14,15)/t6-/m1/s1. The van der Waals surface area contributed by atoms with Crippen molar-refractivity contribution in [3.05, 3.63) is 17.3 Å². The number of nitrogens with one attached hydrogen (secondary N) is 1. The lowest BCUT2D eigenvalue weighted by Gasteiger charge is -2.10. The molecular formula is C9H13ClN4OS. The second kappa shape index (κ2) is 6.67. The number of anilines is 1. The molecule has 1 aromatic rings. The molecule has 0 fully saturated rings. The fourth-order valence-corrected chi connectivity index (χ4v) is 1.57. The first-order valence-corrected chi connectivity index (χ1v) is 6.45. The number of halogens is 1. The average molecular weight is 261 g/mol. The maximum absolute atomic E-state index is 11.6. The highest BCUT2D eigenvalue weighted by Crippen LogP contribution is 2.07. The van der Waals surface area contributed by atoms with Crippen LogP contribution < -0.4 is 11.1 Å². The first-order valence-electron chi connectivity index (χ1n) is 4.68. The number of amides is 1. The van der Waals surface area contributed by atoms with Gasteiger partial charge < -0.3 is 11.1 Å². The van der Waals surface area contributed by atoms with Crippen LogP contribution in [-0.2, 0) is 4.79 Å². The van der Waals surface area contributed by atoms with Gasteiger partial charge in [0, 0.05) is 0 Å². The molecule has 0 saturated carbocycles. The molecule has 0 saturated heterocycles.